The fraction of sp³-hybridized carbons (Fsp3) is 0.500. The molecule has 3 rings (SSSR count). The quantitative estimate of drug-likeness (QED) is 0.876. The Hall–Kier alpha value is -1.68. The number of benzene rings is 1. The zero-order chi connectivity index (χ0) is 14.0. The third-order valence-corrected chi connectivity index (χ3v) is 4.38. The summed E-state index contributed by atoms with van der Waals surface area (Å²) in [6.45, 7) is 3.07. The second-order valence-electron chi connectivity index (χ2n) is 5.73. The molecule has 1 aliphatic rings. The highest BCUT2D eigenvalue weighted by Crippen LogP contribution is 2.50. The number of aromatic nitrogens is 3. The molecule has 1 saturated carbocycles. The van der Waals surface area contributed by atoms with E-state index >= 15 is 0 Å². The average Bonchev–Trinajstić information content (AvgIpc) is 3.19. The summed E-state index contributed by atoms with van der Waals surface area (Å²) in [6, 6.07) is 10.8. The van der Waals surface area contributed by atoms with E-state index < -0.39 is 0 Å². The minimum atomic E-state index is 0.115. The first-order valence-electron chi connectivity index (χ1n) is 7.44. The Morgan fingerprint density at radius 2 is 2.05 bits per heavy atom. The van der Waals surface area contributed by atoms with Gasteiger partial charge in [0.15, 0.2) is 0 Å². The van der Waals surface area contributed by atoms with Crippen LogP contribution < -0.4 is 5.73 Å². The van der Waals surface area contributed by atoms with Gasteiger partial charge in [0.05, 0.1) is 0 Å². The van der Waals surface area contributed by atoms with E-state index in [1.807, 2.05) is 4.68 Å². The van der Waals surface area contributed by atoms with Gasteiger partial charge in [0, 0.05) is 24.4 Å². The molecule has 4 nitrogen and oxygen atoms in total. The molecule has 1 aliphatic carbocycles. The molecular formula is C16H22N4. The Bertz CT molecular complexity index is 557. The van der Waals surface area contributed by atoms with Crippen LogP contribution in [0.15, 0.2) is 36.7 Å². The molecule has 1 aromatic carbocycles. The van der Waals surface area contributed by atoms with Gasteiger partial charge in [0.25, 0.3) is 0 Å². The maximum Gasteiger partial charge on any atom is 0.138 e. The standard InChI is InChI=1S/C16H22N4/c1-2-10-20-15(18-12-19-20)11-14(17)16(8-9-16)13-6-4-3-5-7-13/h3-7,12,14H,2,8-11,17H2,1H3. The maximum absolute atomic E-state index is 6.52. The van der Waals surface area contributed by atoms with Crippen molar-refractivity contribution in [3.63, 3.8) is 0 Å². The molecule has 0 bridgehead atoms. The molecule has 0 saturated heterocycles. The number of hydrogen-bond acceptors (Lipinski definition) is 3. The first-order valence-corrected chi connectivity index (χ1v) is 7.44. The van der Waals surface area contributed by atoms with Crippen molar-refractivity contribution in [1.29, 1.82) is 0 Å². The summed E-state index contributed by atoms with van der Waals surface area (Å²) in [5.41, 5.74) is 8.05. The second-order valence-corrected chi connectivity index (χ2v) is 5.73. The number of rotatable bonds is 6. The van der Waals surface area contributed by atoms with Crippen molar-refractivity contribution in [2.75, 3.05) is 0 Å². The van der Waals surface area contributed by atoms with Crippen LogP contribution in [0.25, 0.3) is 0 Å². The van der Waals surface area contributed by atoms with Crippen molar-refractivity contribution in [2.24, 2.45) is 5.73 Å². The zero-order valence-corrected chi connectivity index (χ0v) is 12.0. The predicted molar refractivity (Wildman–Crippen MR) is 79.3 cm³/mol. The summed E-state index contributed by atoms with van der Waals surface area (Å²) in [6.07, 6.45) is 5.87. The van der Waals surface area contributed by atoms with Crippen LogP contribution in [0.2, 0.25) is 0 Å². The molecule has 0 aliphatic heterocycles. The molecular weight excluding hydrogens is 248 g/mol. The molecule has 1 unspecified atom stereocenters. The van der Waals surface area contributed by atoms with E-state index in [9.17, 15) is 0 Å². The fourth-order valence-electron chi connectivity index (χ4n) is 3.02. The van der Waals surface area contributed by atoms with Crippen molar-refractivity contribution in [3.8, 4) is 0 Å². The lowest BCUT2D eigenvalue weighted by Gasteiger charge is -2.23. The number of aryl methyl sites for hydroxylation is 1. The molecule has 0 spiro atoms. The Balaban J connectivity index is 1.76. The minimum absolute atomic E-state index is 0.115. The molecule has 2 N–H and O–H groups in total. The Labute approximate surface area is 120 Å². The SMILES string of the molecule is CCCn1ncnc1CC(N)C1(c2ccccc2)CC1. The highest BCUT2D eigenvalue weighted by molar-refractivity contribution is 5.34. The summed E-state index contributed by atoms with van der Waals surface area (Å²) < 4.78 is 1.99. The number of nitrogens with zero attached hydrogens (tertiary/aromatic N) is 3. The molecule has 1 fully saturated rings. The van der Waals surface area contributed by atoms with Gasteiger partial charge in [-0.05, 0) is 24.8 Å². The largest absolute Gasteiger partial charge is 0.326 e. The van der Waals surface area contributed by atoms with Crippen molar-refractivity contribution < 1.29 is 0 Å². The highest BCUT2D eigenvalue weighted by atomic mass is 15.3. The van der Waals surface area contributed by atoms with Crippen LogP contribution in [-0.4, -0.2) is 20.8 Å². The van der Waals surface area contributed by atoms with Crippen LogP contribution >= 0.6 is 0 Å². The van der Waals surface area contributed by atoms with Gasteiger partial charge in [-0.1, -0.05) is 37.3 Å². The molecule has 0 amide bonds. The van der Waals surface area contributed by atoms with Crippen LogP contribution in [-0.2, 0) is 18.4 Å². The highest BCUT2D eigenvalue weighted by Gasteiger charge is 2.49. The second kappa shape index (κ2) is 5.37. The van der Waals surface area contributed by atoms with Crippen molar-refractivity contribution in [1.82, 2.24) is 14.8 Å². The van der Waals surface area contributed by atoms with E-state index in [2.05, 4.69) is 47.3 Å². The van der Waals surface area contributed by atoms with Gasteiger partial charge in [0.1, 0.15) is 12.2 Å². The van der Waals surface area contributed by atoms with Crippen LogP contribution in [0.3, 0.4) is 0 Å². The Morgan fingerprint density at radius 3 is 2.70 bits per heavy atom. The third kappa shape index (κ3) is 2.36. The minimum Gasteiger partial charge on any atom is -0.326 e. The van der Waals surface area contributed by atoms with Gasteiger partial charge in [-0.25, -0.2) is 4.98 Å². The van der Waals surface area contributed by atoms with Gasteiger partial charge in [-0.3, -0.25) is 4.68 Å². The first-order chi connectivity index (χ1) is 9.76. The molecule has 106 valence electrons. The monoisotopic (exact) mass is 270 g/mol. The Kier molecular flexibility index (Phi) is 3.57. The average molecular weight is 270 g/mol. The van der Waals surface area contributed by atoms with E-state index in [1.165, 1.54) is 18.4 Å². The van der Waals surface area contributed by atoms with Crippen molar-refractivity contribution in [3.05, 3.63) is 48.0 Å². The first kappa shape index (κ1) is 13.3. The Morgan fingerprint density at radius 1 is 1.30 bits per heavy atom. The molecule has 1 heterocycles. The number of hydrogen-bond donors (Lipinski definition) is 1. The topological polar surface area (TPSA) is 56.7 Å². The van der Waals surface area contributed by atoms with Crippen LogP contribution in [0, 0.1) is 0 Å². The smallest absolute Gasteiger partial charge is 0.138 e. The summed E-state index contributed by atoms with van der Waals surface area (Å²) in [4.78, 5) is 4.38. The summed E-state index contributed by atoms with van der Waals surface area (Å²) >= 11 is 0. The van der Waals surface area contributed by atoms with Gasteiger partial charge in [0.2, 0.25) is 0 Å². The molecule has 0 radical (unpaired) electrons. The van der Waals surface area contributed by atoms with Crippen LogP contribution in [0.4, 0.5) is 0 Å². The third-order valence-electron chi connectivity index (χ3n) is 4.38. The van der Waals surface area contributed by atoms with Crippen molar-refractivity contribution in [2.45, 2.75) is 50.6 Å². The summed E-state index contributed by atoms with van der Waals surface area (Å²) in [5.74, 6) is 1.02. The van der Waals surface area contributed by atoms with Gasteiger partial charge in [-0.2, -0.15) is 5.10 Å². The van der Waals surface area contributed by atoms with E-state index in [0.717, 1.165) is 25.2 Å². The molecule has 2 aromatic rings. The van der Waals surface area contributed by atoms with Crippen LogP contribution in [0.1, 0.15) is 37.6 Å². The van der Waals surface area contributed by atoms with E-state index in [4.69, 9.17) is 5.73 Å². The molecule has 20 heavy (non-hydrogen) atoms. The lowest BCUT2D eigenvalue weighted by molar-refractivity contribution is 0.477. The van der Waals surface area contributed by atoms with E-state index in [-0.39, 0.29) is 11.5 Å². The summed E-state index contributed by atoms with van der Waals surface area (Å²) in [5, 5.41) is 4.28. The van der Waals surface area contributed by atoms with Crippen LogP contribution in [0.5, 0.6) is 0 Å². The summed E-state index contributed by atoms with van der Waals surface area (Å²) in [7, 11) is 0. The molecule has 4 heteroatoms. The lowest BCUT2D eigenvalue weighted by atomic mass is 9.86. The van der Waals surface area contributed by atoms with Gasteiger partial charge in [-0.15, -0.1) is 0 Å². The molecule has 1 atom stereocenters. The normalized spacial score (nSPS) is 17.9. The van der Waals surface area contributed by atoms with Gasteiger partial charge >= 0.3 is 0 Å². The van der Waals surface area contributed by atoms with Gasteiger partial charge < -0.3 is 5.73 Å². The zero-order valence-electron chi connectivity index (χ0n) is 12.0. The molecule has 1 aromatic heterocycles. The van der Waals surface area contributed by atoms with Crippen molar-refractivity contribution >= 4 is 0 Å². The van der Waals surface area contributed by atoms with E-state index in [1.54, 1.807) is 6.33 Å². The number of nitrogens with two attached hydrogens (primary N) is 1. The lowest BCUT2D eigenvalue weighted by Crippen LogP contribution is -2.37. The fourth-order valence-corrected chi connectivity index (χ4v) is 3.02. The maximum atomic E-state index is 6.52. The van der Waals surface area contributed by atoms with E-state index in [0.29, 0.717) is 0 Å². The predicted octanol–water partition coefficient (Wildman–Crippen LogP) is 2.29.